The molecule has 2 bridgehead atoms. The van der Waals surface area contributed by atoms with Gasteiger partial charge in [0.05, 0.1) is 12.3 Å². The van der Waals surface area contributed by atoms with Crippen LogP contribution in [0.4, 0.5) is 5.82 Å². The second-order valence-electron chi connectivity index (χ2n) is 10.9. The third-order valence-corrected chi connectivity index (χ3v) is 7.76. The van der Waals surface area contributed by atoms with Gasteiger partial charge in [0.2, 0.25) is 0 Å². The number of nitrogens with one attached hydrogen (secondary N) is 1. The minimum absolute atomic E-state index is 0.0320. The number of anilines is 1. The Morgan fingerprint density at radius 1 is 1.11 bits per heavy atom. The molecule has 1 aliphatic heterocycles. The molecule has 2 amide bonds. The van der Waals surface area contributed by atoms with Crippen LogP contribution < -0.4 is 25.4 Å². The van der Waals surface area contributed by atoms with E-state index >= 15 is 0 Å². The molecule has 204 valence electrons. The van der Waals surface area contributed by atoms with Crippen LogP contribution in [0.15, 0.2) is 18.2 Å². The van der Waals surface area contributed by atoms with E-state index < -0.39 is 5.91 Å². The first-order valence-corrected chi connectivity index (χ1v) is 13.4. The molecule has 0 aromatic carbocycles. The first kappa shape index (κ1) is 26.1. The number of rotatable bonds is 11. The minimum atomic E-state index is -0.558. The lowest BCUT2D eigenvalue weighted by Gasteiger charge is -2.61. The number of nitrogens with zero attached hydrogens (tertiary/aromatic N) is 5. The molecule has 4 aliphatic rings. The number of nitrogens with two attached hydrogens (primary N) is 1. The van der Waals surface area contributed by atoms with Crippen molar-refractivity contribution in [3.05, 3.63) is 35.3 Å². The van der Waals surface area contributed by atoms with Crippen molar-refractivity contribution in [2.75, 3.05) is 51.8 Å². The van der Waals surface area contributed by atoms with Crippen LogP contribution in [-0.4, -0.2) is 84.1 Å². The monoisotopic (exact) mass is 523 g/mol. The Labute approximate surface area is 223 Å². The highest BCUT2D eigenvalue weighted by molar-refractivity contribution is 5.94. The first-order valence-electron chi connectivity index (χ1n) is 13.4. The Balaban J connectivity index is 1.30. The van der Waals surface area contributed by atoms with E-state index in [0.717, 1.165) is 50.3 Å². The van der Waals surface area contributed by atoms with Gasteiger partial charge in [0.15, 0.2) is 0 Å². The molecule has 11 heteroatoms. The van der Waals surface area contributed by atoms with Gasteiger partial charge in [-0.25, -0.2) is 4.98 Å². The average Bonchev–Trinajstić information content (AvgIpc) is 2.85. The molecule has 0 unspecified atom stereocenters. The molecule has 0 atom stereocenters. The molecule has 3 N–H and O–H groups in total. The molecule has 6 rings (SSSR count). The highest BCUT2D eigenvalue weighted by Crippen LogP contribution is 2.57. The Bertz CT molecular complexity index is 1180. The summed E-state index contributed by atoms with van der Waals surface area (Å²) in [7, 11) is 3.98. The summed E-state index contributed by atoms with van der Waals surface area (Å²) in [5.74, 6) is 1.50. The molecule has 1 saturated heterocycles. The van der Waals surface area contributed by atoms with E-state index in [2.05, 4.69) is 25.2 Å². The van der Waals surface area contributed by atoms with Crippen LogP contribution >= 0.6 is 0 Å². The van der Waals surface area contributed by atoms with Crippen molar-refractivity contribution in [1.82, 2.24) is 25.2 Å². The van der Waals surface area contributed by atoms with Crippen molar-refractivity contribution < 1.29 is 19.1 Å². The van der Waals surface area contributed by atoms with E-state index in [1.807, 2.05) is 25.9 Å². The molecule has 3 saturated carbocycles. The number of hydrogen-bond donors (Lipinski definition) is 2. The Kier molecular flexibility index (Phi) is 7.38. The minimum Gasteiger partial charge on any atom is -0.490 e. The van der Waals surface area contributed by atoms with E-state index in [0.29, 0.717) is 43.6 Å². The third kappa shape index (κ3) is 5.52. The molecule has 4 fully saturated rings. The Hall–Kier alpha value is -3.47. The fraction of sp³-hybridized carbons (Fsp3) is 0.593. The lowest BCUT2D eigenvalue weighted by atomic mass is 9.50. The number of amides is 2. The zero-order valence-electron chi connectivity index (χ0n) is 22.4. The van der Waals surface area contributed by atoms with Gasteiger partial charge in [0, 0.05) is 37.2 Å². The fourth-order valence-electron chi connectivity index (χ4n) is 5.56. The van der Waals surface area contributed by atoms with Crippen LogP contribution in [0.2, 0.25) is 0 Å². The summed E-state index contributed by atoms with van der Waals surface area (Å²) < 4.78 is 11.6. The normalized spacial score (nSPS) is 22.4. The largest absolute Gasteiger partial charge is 0.490 e. The van der Waals surface area contributed by atoms with Gasteiger partial charge in [-0.05, 0) is 71.2 Å². The van der Waals surface area contributed by atoms with Crippen LogP contribution in [0.25, 0.3) is 0 Å². The standard InChI is InChI=1S/C27H37N7O4/c1-4-37-26-30-20(25(36)32-27-14-17(15-27)16-27)13-22(31-26)34-9-7-18(8-10-34)23-21(38-12-11-33(2)3)6-5-19(29-23)24(28)35/h5-6,13,17-18H,4,7-12,14-16H2,1-3H3,(H2,28,35)(H,32,36). The highest BCUT2D eigenvalue weighted by Gasteiger charge is 2.57. The number of ether oxygens (including phenoxy) is 2. The molecule has 2 aromatic heterocycles. The van der Waals surface area contributed by atoms with Crippen molar-refractivity contribution in [2.24, 2.45) is 11.7 Å². The number of primary amides is 1. The van der Waals surface area contributed by atoms with Gasteiger partial charge in [0.1, 0.15) is 29.6 Å². The topological polar surface area (TPSA) is 136 Å². The molecule has 3 aliphatic carbocycles. The van der Waals surface area contributed by atoms with Gasteiger partial charge in [-0.1, -0.05) is 0 Å². The zero-order valence-corrected chi connectivity index (χ0v) is 22.4. The van der Waals surface area contributed by atoms with Crippen LogP contribution in [0.5, 0.6) is 11.8 Å². The summed E-state index contributed by atoms with van der Waals surface area (Å²) in [5, 5.41) is 3.18. The summed E-state index contributed by atoms with van der Waals surface area (Å²) in [4.78, 5) is 42.6. The predicted octanol–water partition coefficient (Wildman–Crippen LogP) is 1.98. The van der Waals surface area contributed by atoms with Gasteiger partial charge in [0.25, 0.3) is 11.8 Å². The van der Waals surface area contributed by atoms with E-state index in [1.54, 1.807) is 18.2 Å². The molecule has 11 nitrogen and oxygen atoms in total. The smallest absolute Gasteiger partial charge is 0.319 e. The van der Waals surface area contributed by atoms with E-state index in [9.17, 15) is 9.59 Å². The summed E-state index contributed by atoms with van der Waals surface area (Å²) >= 11 is 0. The summed E-state index contributed by atoms with van der Waals surface area (Å²) in [5.41, 5.74) is 6.81. The van der Waals surface area contributed by atoms with E-state index in [4.69, 9.17) is 15.2 Å². The molecular weight excluding hydrogens is 486 g/mol. The molecule has 2 aromatic rings. The van der Waals surface area contributed by atoms with Crippen molar-refractivity contribution in [1.29, 1.82) is 0 Å². The number of piperidine rings is 1. The number of pyridine rings is 1. The second-order valence-corrected chi connectivity index (χ2v) is 10.9. The number of likely N-dealkylation sites (N-methyl/N-ethyl adjacent to an activating group) is 1. The predicted molar refractivity (Wildman–Crippen MR) is 142 cm³/mol. The lowest BCUT2D eigenvalue weighted by Crippen LogP contribution is -2.68. The molecule has 3 heterocycles. The molecule has 0 spiro atoms. The molecule has 38 heavy (non-hydrogen) atoms. The Morgan fingerprint density at radius 2 is 1.84 bits per heavy atom. The van der Waals surface area contributed by atoms with Gasteiger partial charge in [-0.2, -0.15) is 9.97 Å². The van der Waals surface area contributed by atoms with Crippen molar-refractivity contribution in [3.8, 4) is 11.8 Å². The van der Waals surface area contributed by atoms with Crippen molar-refractivity contribution >= 4 is 17.6 Å². The number of carbonyl (C=O) groups is 2. The SMILES string of the molecule is CCOc1nc(C(=O)NC23CC(C2)C3)cc(N2CCC(c3nc(C(N)=O)ccc3OCCN(C)C)CC2)n1. The molecular formula is C27H37N7O4. The maximum atomic E-state index is 13.0. The summed E-state index contributed by atoms with van der Waals surface area (Å²) in [6.45, 7) is 4.96. The van der Waals surface area contributed by atoms with Crippen LogP contribution in [-0.2, 0) is 0 Å². The summed E-state index contributed by atoms with van der Waals surface area (Å²) in [6, 6.07) is 5.37. The van der Waals surface area contributed by atoms with E-state index in [-0.39, 0.29) is 29.1 Å². The van der Waals surface area contributed by atoms with Crippen molar-refractivity contribution in [2.45, 2.75) is 50.5 Å². The first-order chi connectivity index (χ1) is 18.2. The highest BCUT2D eigenvalue weighted by atomic mass is 16.5. The third-order valence-electron chi connectivity index (χ3n) is 7.76. The Morgan fingerprint density at radius 3 is 2.45 bits per heavy atom. The number of aromatic nitrogens is 3. The quantitative estimate of drug-likeness (QED) is 0.453. The van der Waals surface area contributed by atoms with Gasteiger partial charge < -0.3 is 30.3 Å². The second kappa shape index (κ2) is 10.7. The van der Waals surface area contributed by atoms with Crippen LogP contribution in [0, 0.1) is 5.92 Å². The van der Waals surface area contributed by atoms with Gasteiger partial charge in [-0.15, -0.1) is 0 Å². The maximum Gasteiger partial charge on any atom is 0.319 e. The van der Waals surface area contributed by atoms with Gasteiger partial charge in [-0.3, -0.25) is 9.59 Å². The zero-order chi connectivity index (χ0) is 26.9. The van der Waals surface area contributed by atoms with E-state index in [1.165, 1.54) is 0 Å². The number of hydrogen-bond acceptors (Lipinski definition) is 9. The average molecular weight is 524 g/mol. The number of carbonyl (C=O) groups excluding carboxylic acids is 2. The summed E-state index contributed by atoms with van der Waals surface area (Å²) in [6.07, 6.45) is 4.75. The van der Waals surface area contributed by atoms with Crippen molar-refractivity contribution in [3.63, 3.8) is 0 Å². The molecule has 0 radical (unpaired) electrons. The van der Waals surface area contributed by atoms with Crippen LogP contribution in [0.3, 0.4) is 0 Å². The lowest BCUT2D eigenvalue weighted by molar-refractivity contribution is -0.0439. The fourth-order valence-corrected chi connectivity index (χ4v) is 5.56. The van der Waals surface area contributed by atoms with Gasteiger partial charge >= 0.3 is 6.01 Å². The maximum absolute atomic E-state index is 13.0. The van der Waals surface area contributed by atoms with Crippen LogP contribution in [0.1, 0.15) is 71.6 Å².